The number of amides is 1. The minimum absolute atomic E-state index is 0.0453. The molecule has 0 bridgehead atoms. The summed E-state index contributed by atoms with van der Waals surface area (Å²) in [4.78, 5) is 24.4. The number of hydrogen-bond donors (Lipinski definition) is 0. The number of pyridine rings is 1. The first-order valence-electron chi connectivity index (χ1n) is 8.69. The van der Waals surface area contributed by atoms with Crippen molar-refractivity contribution < 1.29 is 4.79 Å². The number of thiazole rings is 1. The van der Waals surface area contributed by atoms with Crippen LogP contribution >= 0.6 is 34.5 Å². The van der Waals surface area contributed by atoms with Gasteiger partial charge in [0.25, 0.3) is 5.91 Å². The van der Waals surface area contributed by atoms with Gasteiger partial charge in [-0.15, -0.1) is 11.3 Å². The maximum Gasteiger partial charge on any atom is 0.266 e. The summed E-state index contributed by atoms with van der Waals surface area (Å²) in [5.41, 5.74) is 1.75. The number of benzene rings is 1. The molecule has 7 heteroatoms. The Hall–Kier alpha value is -1.95. The molecular formula is C20H17Cl2N3OS. The summed E-state index contributed by atoms with van der Waals surface area (Å²) in [6, 6.07) is 11.1. The van der Waals surface area contributed by atoms with Gasteiger partial charge in [0.05, 0.1) is 33.5 Å². The maximum atomic E-state index is 13.2. The fourth-order valence-electron chi connectivity index (χ4n) is 2.81. The summed E-state index contributed by atoms with van der Waals surface area (Å²) in [6.45, 7) is 0.833. The zero-order chi connectivity index (χ0) is 18.8. The monoisotopic (exact) mass is 417 g/mol. The third-order valence-electron chi connectivity index (χ3n) is 4.38. The lowest BCUT2D eigenvalue weighted by Gasteiger charge is -2.22. The number of carbonyl (C=O) groups excluding carboxylic acids is 1. The van der Waals surface area contributed by atoms with Gasteiger partial charge in [0, 0.05) is 18.7 Å². The topological polar surface area (TPSA) is 46.1 Å². The van der Waals surface area contributed by atoms with Gasteiger partial charge in [0.1, 0.15) is 4.88 Å². The largest absolute Gasteiger partial charge is 0.328 e. The van der Waals surface area contributed by atoms with Gasteiger partial charge >= 0.3 is 0 Å². The fourth-order valence-corrected chi connectivity index (χ4v) is 4.18. The van der Waals surface area contributed by atoms with Crippen LogP contribution in [0, 0.1) is 0 Å². The van der Waals surface area contributed by atoms with E-state index in [9.17, 15) is 4.79 Å². The molecule has 27 heavy (non-hydrogen) atoms. The van der Waals surface area contributed by atoms with E-state index in [4.69, 9.17) is 23.2 Å². The van der Waals surface area contributed by atoms with Crippen LogP contribution < -0.4 is 0 Å². The first kappa shape index (κ1) is 18.4. The predicted molar refractivity (Wildman–Crippen MR) is 108 cm³/mol. The minimum atomic E-state index is -0.0453. The molecule has 0 unspecified atom stereocenters. The molecule has 0 atom stereocenters. The molecule has 2 aromatic heterocycles. The summed E-state index contributed by atoms with van der Waals surface area (Å²) in [5.74, 6) is 0.493. The molecule has 1 aromatic carbocycles. The Balaban J connectivity index is 1.59. The molecule has 1 amide bonds. The van der Waals surface area contributed by atoms with Crippen LogP contribution in [0.2, 0.25) is 10.0 Å². The van der Waals surface area contributed by atoms with Crippen molar-refractivity contribution in [1.29, 1.82) is 0 Å². The van der Waals surface area contributed by atoms with E-state index in [-0.39, 0.29) is 5.91 Å². The Morgan fingerprint density at radius 2 is 1.96 bits per heavy atom. The summed E-state index contributed by atoms with van der Waals surface area (Å²) < 4.78 is 0. The summed E-state index contributed by atoms with van der Waals surface area (Å²) in [6.07, 6.45) is 5.76. The van der Waals surface area contributed by atoms with E-state index < -0.39 is 0 Å². The lowest BCUT2D eigenvalue weighted by atomic mass is 10.2. The molecule has 1 fully saturated rings. The smallest absolute Gasteiger partial charge is 0.266 e. The highest BCUT2D eigenvalue weighted by Crippen LogP contribution is 2.42. The highest BCUT2D eigenvalue weighted by Gasteiger charge is 2.28. The highest BCUT2D eigenvalue weighted by atomic mass is 35.5. The van der Waals surface area contributed by atoms with E-state index in [0.29, 0.717) is 33.9 Å². The van der Waals surface area contributed by atoms with Crippen molar-refractivity contribution in [2.75, 3.05) is 0 Å². The molecule has 4 nitrogen and oxygen atoms in total. The zero-order valence-electron chi connectivity index (χ0n) is 14.4. The SMILES string of the molecule is O=C(c1cnc(C2CC2)s1)N(Cc1ccc(Cl)c(Cl)c1)Cc1ccccn1. The van der Waals surface area contributed by atoms with Crippen LogP contribution in [-0.4, -0.2) is 20.8 Å². The molecule has 0 spiro atoms. The summed E-state index contributed by atoms with van der Waals surface area (Å²) in [5, 5.41) is 2.04. The normalized spacial score (nSPS) is 13.6. The van der Waals surface area contributed by atoms with Crippen molar-refractivity contribution in [2.45, 2.75) is 31.8 Å². The zero-order valence-corrected chi connectivity index (χ0v) is 16.8. The van der Waals surface area contributed by atoms with E-state index in [2.05, 4.69) is 9.97 Å². The van der Waals surface area contributed by atoms with Crippen LogP contribution in [-0.2, 0) is 13.1 Å². The number of carbonyl (C=O) groups is 1. The van der Waals surface area contributed by atoms with Crippen molar-refractivity contribution >= 4 is 40.4 Å². The number of hydrogen-bond acceptors (Lipinski definition) is 4. The predicted octanol–water partition coefficient (Wildman–Crippen LogP) is 5.56. The van der Waals surface area contributed by atoms with Gasteiger partial charge < -0.3 is 4.90 Å². The molecule has 1 aliphatic rings. The molecule has 2 heterocycles. The Kier molecular flexibility index (Phi) is 5.43. The molecule has 1 saturated carbocycles. The number of rotatable bonds is 6. The van der Waals surface area contributed by atoms with Crippen LogP contribution in [0.5, 0.6) is 0 Å². The van der Waals surface area contributed by atoms with Gasteiger partial charge in [-0.25, -0.2) is 4.98 Å². The van der Waals surface area contributed by atoms with E-state index >= 15 is 0 Å². The lowest BCUT2D eigenvalue weighted by Crippen LogP contribution is -2.30. The van der Waals surface area contributed by atoms with Gasteiger partial charge in [0.2, 0.25) is 0 Å². The van der Waals surface area contributed by atoms with Crippen molar-refractivity contribution in [3.8, 4) is 0 Å². The van der Waals surface area contributed by atoms with Crippen molar-refractivity contribution in [3.05, 3.63) is 80.0 Å². The van der Waals surface area contributed by atoms with Crippen LogP contribution in [0.4, 0.5) is 0 Å². The van der Waals surface area contributed by atoms with E-state index in [1.165, 1.54) is 24.2 Å². The molecule has 3 aromatic rings. The number of halogens is 2. The Morgan fingerprint density at radius 3 is 2.67 bits per heavy atom. The quantitative estimate of drug-likeness (QED) is 0.526. The average Bonchev–Trinajstić information content (AvgIpc) is 3.41. The Bertz CT molecular complexity index is 957. The van der Waals surface area contributed by atoms with Gasteiger partial charge in [-0.1, -0.05) is 35.3 Å². The van der Waals surface area contributed by atoms with Crippen LogP contribution in [0.3, 0.4) is 0 Å². The second kappa shape index (κ2) is 7.97. The number of aromatic nitrogens is 2. The van der Waals surface area contributed by atoms with Crippen molar-refractivity contribution in [3.63, 3.8) is 0 Å². The van der Waals surface area contributed by atoms with Gasteiger partial charge in [-0.2, -0.15) is 0 Å². The maximum absolute atomic E-state index is 13.2. The Morgan fingerprint density at radius 1 is 1.11 bits per heavy atom. The first-order valence-corrected chi connectivity index (χ1v) is 10.3. The van der Waals surface area contributed by atoms with Gasteiger partial charge in [-0.3, -0.25) is 9.78 Å². The Labute approximate surface area is 171 Å². The third kappa shape index (κ3) is 4.49. The highest BCUT2D eigenvalue weighted by molar-refractivity contribution is 7.13. The van der Waals surface area contributed by atoms with E-state index in [0.717, 1.165) is 16.3 Å². The molecule has 0 aliphatic heterocycles. The molecule has 1 aliphatic carbocycles. The standard InChI is InChI=1S/C20H17Cl2N3OS/c21-16-7-4-13(9-17(16)22)11-25(12-15-3-1-2-8-23-15)20(26)18-10-24-19(27-18)14-5-6-14/h1-4,7-10,14H,5-6,11-12H2. The lowest BCUT2D eigenvalue weighted by molar-refractivity contribution is 0.0732. The van der Waals surface area contributed by atoms with Crippen LogP contribution in [0.25, 0.3) is 0 Å². The van der Waals surface area contributed by atoms with E-state index in [1.807, 2.05) is 24.3 Å². The minimum Gasteiger partial charge on any atom is -0.328 e. The first-order chi connectivity index (χ1) is 13.1. The molecular weight excluding hydrogens is 401 g/mol. The van der Waals surface area contributed by atoms with Gasteiger partial charge in [0.15, 0.2) is 0 Å². The van der Waals surface area contributed by atoms with Crippen LogP contribution in [0.1, 0.15) is 44.7 Å². The third-order valence-corrected chi connectivity index (χ3v) is 6.27. The molecule has 138 valence electrons. The second-order valence-corrected chi connectivity index (χ2v) is 8.44. The molecule has 0 saturated heterocycles. The fraction of sp³-hybridized carbons (Fsp3) is 0.250. The summed E-state index contributed by atoms with van der Waals surface area (Å²) >= 11 is 13.7. The second-order valence-electron chi connectivity index (χ2n) is 6.57. The van der Waals surface area contributed by atoms with E-state index in [1.54, 1.807) is 29.4 Å². The average molecular weight is 418 g/mol. The molecule has 4 rings (SSSR count). The summed E-state index contributed by atoms with van der Waals surface area (Å²) in [7, 11) is 0. The molecule has 0 N–H and O–H groups in total. The van der Waals surface area contributed by atoms with Gasteiger partial charge in [-0.05, 0) is 42.7 Å². The molecule has 0 radical (unpaired) electrons. The number of nitrogens with zero attached hydrogens (tertiary/aromatic N) is 3. The van der Waals surface area contributed by atoms with Crippen LogP contribution in [0.15, 0.2) is 48.8 Å². The van der Waals surface area contributed by atoms with Crippen molar-refractivity contribution in [2.24, 2.45) is 0 Å². The van der Waals surface area contributed by atoms with Crippen molar-refractivity contribution in [1.82, 2.24) is 14.9 Å².